The summed E-state index contributed by atoms with van der Waals surface area (Å²) in [4.78, 5) is 27.9. The van der Waals surface area contributed by atoms with Gasteiger partial charge in [0, 0.05) is 37.8 Å². The number of likely N-dealkylation sites (tertiary alicyclic amines) is 1. The first-order chi connectivity index (χ1) is 16.6. The van der Waals surface area contributed by atoms with E-state index < -0.39 is 0 Å². The third kappa shape index (κ3) is 3.15. The Morgan fingerprint density at radius 3 is 2.56 bits per heavy atom. The van der Waals surface area contributed by atoms with Crippen LogP contribution in [0, 0.1) is 0 Å². The molecule has 1 saturated heterocycles. The number of piperidine rings is 1. The molecule has 6 rings (SSSR count). The second kappa shape index (κ2) is 8.02. The molecule has 1 atom stereocenters. The van der Waals surface area contributed by atoms with Gasteiger partial charge in [0.25, 0.3) is 0 Å². The average molecular weight is 457 g/mol. The van der Waals surface area contributed by atoms with Crippen LogP contribution in [0.25, 0.3) is 21.8 Å². The van der Waals surface area contributed by atoms with Gasteiger partial charge in [0.15, 0.2) is 0 Å². The second-order valence-electron chi connectivity index (χ2n) is 9.40. The first kappa shape index (κ1) is 21.0. The minimum Gasteiger partial charge on any atom is -0.508 e. The summed E-state index contributed by atoms with van der Waals surface area (Å²) in [5, 5.41) is 15.7. The zero-order valence-electron chi connectivity index (χ0n) is 19.2. The van der Waals surface area contributed by atoms with Crippen molar-refractivity contribution in [3.63, 3.8) is 0 Å². The van der Waals surface area contributed by atoms with Gasteiger partial charge >= 0.3 is 5.69 Å². The molecule has 0 radical (unpaired) electrons. The molecular weight excluding hydrogens is 428 g/mol. The van der Waals surface area contributed by atoms with Crippen LogP contribution >= 0.6 is 0 Å². The minimum absolute atomic E-state index is 0.0192. The number of phenolic OH excluding ortho intramolecular Hbond substituents is 1. The van der Waals surface area contributed by atoms with Crippen LogP contribution in [0.4, 0.5) is 0 Å². The largest absolute Gasteiger partial charge is 0.508 e. The van der Waals surface area contributed by atoms with E-state index in [4.69, 9.17) is 0 Å². The highest BCUT2D eigenvalue weighted by molar-refractivity contribution is 5.93. The van der Waals surface area contributed by atoms with Crippen molar-refractivity contribution < 1.29 is 9.90 Å². The number of para-hydroxylation sites is 2. The molecule has 7 heteroatoms. The lowest BCUT2D eigenvalue weighted by atomic mass is 9.98. The molecule has 34 heavy (non-hydrogen) atoms. The SMILES string of the molecule is CNC(=O)Cn1c(=O)n(C2CCN(C3Cc4cccc5ccc(O)c3c45)CC2)c2ccccc21. The van der Waals surface area contributed by atoms with Gasteiger partial charge in [-0.3, -0.25) is 18.8 Å². The molecule has 2 N–H and O–H groups in total. The van der Waals surface area contributed by atoms with E-state index in [-0.39, 0.29) is 30.2 Å². The van der Waals surface area contributed by atoms with Gasteiger partial charge in [0.2, 0.25) is 5.91 Å². The summed E-state index contributed by atoms with van der Waals surface area (Å²) in [7, 11) is 1.59. The van der Waals surface area contributed by atoms with E-state index in [1.807, 2.05) is 41.0 Å². The van der Waals surface area contributed by atoms with E-state index in [0.717, 1.165) is 48.9 Å². The van der Waals surface area contributed by atoms with Crippen molar-refractivity contribution in [3.8, 4) is 5.75 Å². The molecule has 0 spiro atoms. The van der Waals surface area contributed by atoms with Crippen molar-refractivity contribution in [2.45, 2.75) is 37.9 Å². The van der Waals surface area contributed by atoms with Crippen molar-refractivity contribution in [2.24, 2.45) is 0 Å². The number of amides is 1. The molecule has 2 heterocycles. The molecule has 1 aliphatic heterocycles. The Bertz CT molecular complexity index is 1480. The fourth-order valence-electron chi connectivity index (χ4n) is 6.02. The summed E-state index contributed by atoms with van der Waals surface area (Å²) in [6.45, 7) is 1.71. The predicted molar refractivity (Wildman–Crippen MR) is 132 cm³/mol. The normalized spacial score (nSPS) is 18.7. The Balaban J connectivity index is 1.29. The van der Waals surface area contributed by atoms with E-state index in [2.05, 4.69) is 28.4 Å². The van der Waals surface area contributed by atoms with Crippen LogP contribution < -0.4 is 11.0 Å². The smallest absolute Gasteiger partial charge is 0.329 e. The molecule has 1 aliphatic carbocycles. The summed E-state index contributed by atoms with van der Waals surface area (Å²) in [5.74, 6) is 0.188. The highest BCUT2D eigenvalue weighted by atomic mass is 16.3. The van der Waals surface area contributed by atoms with Gasteiger partial charge in [-0.2, -0.15) is 0 Å². The van der Waals surface area contributed by atoms with Crippen LogP contribution in [0.15, 0.2) is 59.4 Å². The standard InChI is InChI=1S/C27H28N4O3/c1-28-24(33)16-30-20-7-2-3-8-21(20)31(27(30)34)19-11-13-29(14-12-19)22-15-18-6-4-5-17-9-10-23(32)26(22)25(17)18/h2-10,19,22,32H,11-16H2,1H3,(H,28,33). The average Bonchev–Trinajstić information content (AvgIpc) is 3.39. The summed E-state index contributed by atoms with van der Waals surface area (Å²) in [6, 6.07) is 18.1. The van der Waals surface area contributed by atoms with Crippen molar-refractivity contribution in [1.82, 2.24) is 19.4 Å². The van der Waals surface area contributed by atoms with Crippen molar-refractivity contribution >= 4 is 27.7 Å². The molecule has 1 unspecified atom stereocenters. The number of phenols is 1. The van der Waals surface area contributed by atoms with Crippen LogP contribution in [0.2, 0.25) is 0 Å². The molecule has 2 aliphatic rings. The Labute approximate surface area is 197 Å². The molecule has 0 bridgehead atoms. The van der Waals surface area contributed by atoms with E-state index >= 15 is 0 Å². The van der Waals surface area contributed by atoms with E-state index in [1.54, 1.807) is 11.6 Å². The summed E-state index contributed by atoms with van der Waals surface area (Å²) in [6.07, 6.45) is 2.59. The number of nitrogens with one attached hydrogen (secondary N) is 1. The number of carbonyl (C=O) groups is 1. The van der Waals surface area contributed by atoms with E-state index in [1.165, 1.54) is 16.3 Å². The second-order valence-corrected chi connectivity index (χ2v) is 9.40. The number of imidazole rings is 1. The number of aromatic nitrogens is 2. The maximum absolute atomic E-state index is 13.4. The van der Waals surface area contributed by atoms with Gasteiger partial charge in [0.05, 0.1) is 11.0 Å². The fraction of sp³-hybridized carbons (Fsp3) is 0.333. The van der Waals surface area contributed by atoms with Crippen molar-refractivity contribution in [3.05, 3.63) is 76.2 Å². The zero-order chi connectivity index (χ0) is 23.4. The van der Waals surface area contributed by atoms with Gasteiger partial charge in [-0.1, -0.05) is 36.4 Å². The van der Waals surface area contributed by atoms with Gasteiger partial charge in [-0.05, 0) is 53.8 Å². The van der Waals surface area contributed by atoms with Crippen molar-refractivity contribution in [2.75, 3.05) is 20.1 Å². The molecular formula is C27H28N4O3. The molecule has 7 nitrogen and oxygen atoms in total. The maximum Gasteiger partial charge on any atom is 0.329 e. The zero-order valence-corrected chi connectivity index (χ0v) is 19.2. The first-order valence-electron chi connectivity index (χ1n) is 11.9. The Hall–Kier alpha value is -3.58. The quantitative estimate of drug-likeness (QED) is 0.494. The Kier molecular flexibility index (Phi) is 4.95. The first-order valence-corrected chi connectivity index (χ1v) is 11.9. The summed E-state index contributed by atoms with van der Waals surface area (Å²) >= 11 is 0. The topological polar surface area (TPSA) is 79.5 Å². The van der Waals surface area contributed by atoms with Gasteiger partial charge in [0.1, 0.15) is 12.3 Å². The molecule has 0 saturated carbocycles. The molecule has 1 amide bonds. The lowest BCUT2D eigenvalue weighted by Crippen LogP contribution is -2.40. The van der Waals surface area contributed by atoms with Crippen LogP contribution in [-0.4, -0.2) is 45.2 Å². The lowest BCUT2D eigenvalue weighted by molar-refractivity contribution is -0.121. The third-order valence-corrected chi connectivity index (χ3v) is 7.65. The molecule has 1 fully saturated rings. The van der Waals surface area contributed by atoms with Crippen molar-refractivity contribution in [1.29, 1.82) is 0 Å². The molecule has 3 aromatic carbocycles. The number of aromatic hydroxyl groups is 1. The predicted octanol–water partition coefficient (Wildman–Crippen LogP) is 3.34. The monoisotopic (exact) mass is 456 g/mol. The summed E-state index contributed by atoms with van der Waals surface area (Å²) in [5.41, 5.74) is 3.89. The molecule has 4 aromatic rings. The van der Waals surface area contributed by atoms with Gasteiger partial charge < -0.3 is 10.4 Å². The Morgan fingerprint density at radius 2 is 1.79 bits per heavy atom. The number of fused-ring (bicyclic) bond motifs is 1. The number of hydrogen-bond acceptors (Lipinski definition) is 4. The van der Waals surface area contributed by atoms with Crippen LogP contribution in [0.5, 0.6) is 5.75 Å². The third-order valence-electron chi connectivity index (χ3n) is 7.65. The number of benzene rings is 3. The van der Waals surface area contributed by atoms with E-state index in [9.17, 15) is 14.7 Å². The number of rotatable bonds is 4. The van der Waals surface area contributed by atoms with Crippen LogP contribution in [-0.2, 0) is 17.8 Å². The van der Waals surface area contributed by atoms with Gasteiger partial charge in [-0.15, -0.1) is 0 Å². The molecule has 1 aromatic heterocycles. The van der Waals surface area contributed by atoms with Crippen LogP contribution in [0.1, 0.15) is 36.1 Å². The van der Waals surface area contributed by atoms with E-state index in [0.29, 0.717) is 5.75 Å². The summed E-state index contributed by atoms with van der Waals surface area (Å²) < 4.78 is 3.46. The van der Waals surface area contributed by atoms with Gasteiger partial charge in [-0.25, -0.2) is 4.79 Å². The Morgan fingerprint density at radius 1 is 1.03 bits per heavy atom. The maximum atomic E-state index is 13.4. The number of hydrogen-bond donors (Lipinski definition) is 2. The fourth-order valence-corrected chi connectivity index (χ4v) is 6.02. The highest BCUT2D eigenvalue weighted by Crippen LogP contribution is 2.45. The minimum atomic E-state index is -0.186. The highest BCUT2D eigenvalue weighted by Gasteiger charge is 2.35. The lowest BCUT2D eigenvalue weighted by Gasteiger charge is -2.37. The van der Waals surface area contributed by atoms with Crippen LogP contribution in [0.3, 0.4) is 0 Å². The number of nitrogens with zero attached hydrogens (tertiary/aromatic N) is 3. The molecule has 174 valence electrons. The number of carbonyl (C=O) groups excluding carboxylic acids is 1. The number of likely N-dealkylation sites (N-methyl/N-ethyl adjacent to an activating group) is 1.